The van der Waals surface area contributed by atoms with Crippen molar-refractivity contribution >= 4 is 23.3 Å². The summed E-state index contributed by atoms with van der Waals surface area (Å²) < 4.78 is 5.32. The molecule has 0 radical (unpaired) electrons. The maximum absolute atomic E-state index is 12.0. The fourth-order valence-electron chi connectivity index (χ4n) is 2.34. The first-order valence-corrected chi connectivity index (χ1v) is 7.57. The van der Waals surface area contributed by atoms with Crippen LogP contribution in [0.1, 0.15) is 12.5 Å². The minimum Gasteiger partial charge on any atom is -0.379 e. The Balaban J connectivity index is 1.82. The maximum atomic E-state index is 12.0. The first kappa shape index (κ1) is 16.1. The molecule has 2 N–H and O–H groups in total. The van der Waals surface area contributed by atoms with Gasteiger partial charge in [-0.25, -0.2) is 4.79 Å². The number of rotatable bonds is 4. The molecule has 0 aromatic heterocycles. The van der Waals surface area contributed by atoms with E-state index in [0.717, 1.165) is 31.9 Å². The quantitative estimate of drug-likeness (QED) is 0.898. The monoisotopic (exact) mass is 311 g/mol. The zero-order chi connectivity index (χ0) is 15.2. The molecule has 21 heavy (non-hydrogen) atoms. The Morgan fingerprint density at radius 2 is 2.14 bits per heavy atom. The number of halogens is 1. The lowest BCUT2D eigenvalue weighted by atomic mass is 10.2. The largest absolute Gasteiger partial charge is 0.379 e. The van der Waals surface area contributed by atoms with E-state index in [1.165, 1.54) is 0 Å². The van der Waals surface area contributed by atoms with Crippen LogP contribution in [0.15, 0.2) is 18.2 Å². The van der Waals surface area contributed by atoms with E-state index in [1.54, 1.807) is 6.07 Å². The smallest absolute Gasteiger partial charge is 0.319 e. The van der Waals surface area contributed by atoms with Gasteiger partial charge < -0.3 is 15.4 Å². The molecule has 0 spiro atoms. The zero-order valence-electron chi connectivity index (χ0n) is 12.5. The molecule has 2 rings (SSSR count). The number of ether oxygens (including phenoxy) is 1. The Morgan fingerprint density at radius 1 is 1.43 bits per heavy atom. The summed E-state index contributed by atoms with van der Waals surface area (Å²) in [7, 11) is 0. The normalized spacial score (nSPS) is 17.3. The van der Waals surface area contributed by atoms with Gasteiger partial charge >= 0.3 is 6.03 Å². The number of nitrogens with zero attached hydrogens (tertiary/aromatic N) is 1. The Bertz CT molecular complexity index is 470. The Hall–Kier alpha value is -1.30. The van der Waals surface area contributed by atoms with Crippen molar-refractivity contribution in [3.8, 4) is 0 Å². The predicted molar refractivity (Wildman–Crippen MR) is 85.1 cm³/mol. The molecule has 5 nitrogen and oxygen atoms in total. The summed E-state index contributed by atoms with van der Waals surface area (Å²) in [6, 6.07) is 5.60. The molecule has 1 atom stereocenters. The average molecular weight is 312 g/mol. The zero-order valence-corrected chi connectivity index (χ0v) is 13.2. The minimum atomic E-state index is -0.230. The van der Waals surface area contributed by atoms with Crippen molar-refractivity contribution in [1.29, 1.82) is 0 Å². The van der Waals surface area contributed by atoms with Crippen LogP contribution in [-0.4, -0.2) is 49.8 Å². The van der Waals surface area contributed by atoms with Gasteiger partial charge in [0.1, 0.15) is 0 Å². The molecule has 1 saturated heterocycles. The van der Waals surface area contributed by atoms with Crippen LogP contribution in [0.4, 0.5) is 10.5 Å². The van der Waals surface area contributed by atoms with E-state index in [2.05, 4.69) is 22.5 Å². The SMILES string of the molecule is Cc1cccc(Cl)c1NC(=O)NC[C@H](C)N1CCOCC1. The van der Waals surface area contributed by atoms with Crippen molar-refractivity contribution in [1.82, 2.24) is 10.2 Å². The van der Waals surface area contributed by atoms with Gasteiger partial charge in [-0.3, -0.25) is 4.90 Å². The highest BCUT2D eigenvalue weighted by Gasteiger charge is 2.17. The van der Waals surface area contributed by atoms with Crippen LogP contribution < -0.4 is 10.6 Å². The highest BCUT2D eigenvalue weighted by atomic mass is 35.5. The Morgan fingerprint density at radius 3 is 2.81 bits per heavy atom. The standard InChI is InChI=1S/C15H22ClN3O2/c1-11-4-3-5-13(16)14(11)18-15(20)17-10-12(2)19-6-8-21-9-7-19/h3-5,12H,6-10H2,1-2H3,(H2,17,18,20)/t12-/m0/s1. The van der Waals surface area contributed by atoms with Crippen LogP contribution in [0.2, 0.25) is 5.02 Å². The van der Waals surface area contributed by atoms with Crippen molar-refractivity contribution in [3.63, 3.8) is 0 Å². The number of nitrogens with one attached hydrogen (secondary N) is 2. The van der Waals surface area contributed by atoms with Crippen molar-refractivity contribution in [3.05, 3.63) is 28.8 Å². The third-order valence-electron chi connectivity index (χ3n) is 3.69. The molecule has 0 aliphatic carbocycles. The fourth-order valence-corrected chi connectivity index (χ4v) is 2.60. The predicted octanol–water partition coefficient (Wildman–Crippen LogP) is 2.49. The van der Waals surface area contributed by atoms with Gasteiger partial charge in [0.15, 0.2) is 0 Å². The number of hydrogen-bond acceptors (Lipinski definition) is 3. The van der Waals surface area contributed by atoms with Gasteiger partial charge in [0.2, 0.25) is 0 Å². The second kappa shape index (κ2) is 7.64. The lowest BCUT2D eigenvalue weighted by Crippen LogP contribution is -2.47. The van der Waals surface area contributed by atoms with Crippen LogP contribution >= 0.6 is 11.6 Å². The van der Waals surface area contributed by atoms with E-state index >= 15 is 0 Å². The Kier molecular flexibility index (Phi) is 5.85. The van der Waals surface area contributed by atoms with Gasteiger partial charge in [0, 0.05) is 25.7 Å². The van der Waals surface area contributed by atoms with Gasteiger partial charge in [-0.15, -0.1) is 0 Å². The van der Waals surface area contributed by atoms with E-state index in [4.69, 9.17) is 16.3 Å². The molecule has 1 fully saturated rings. The summed E-state index contributed by atoms with van der Waals surface area (Å²) in [5, 5.41) is 6.25. The number of para-hydroxylation sites is 1. The molecule has 0 bridgehead atoms. The van der Waals surface area contributed by atoms with Crippen molar-refractivity contribution in [2.24, 2.45) is 0 Å². The number of urea groups is 1. The van der Waals surface area contributed by atoms with Gasteiger partial charge in [0.25, 0.3) is 0 Å². The molecule has 1 aromatic rings. The van der Waals surface area contributed by atoms with Gasteiger partial charge in [-0.05, 0) is 25.5 Å². The molecule has 116 valence electrons. The summed E-state index contributed by atoms with van der Waals surface area (Å²) in [6.45, 7) is 7.95. The van der Waals surface area contributed by atoms with Crippen LogP contribution in [0.25, 0.3) is 0 Å². The summed E-state index contributed by atoms with van der Waals surface area (Å²) in [6.07, 6.45) is 0. The van der Waals surface area contributed by atoms with E-state index in [1.807, 2.05) is 19.1 Å². The summed E-state index contributed by atoms with van der Waals surface area (Å²) >= 11 is 6.09. The average Bonchev–Trinajstić information content (AvgIpc) is 2.49. The van der Waals surface area contributed by atoms with Crippen LogP contribution in [0.5, 0.6) is 0 Å². The first-order valence-electron chi connectivity index (χ1n) is 7.19. The topological polar surface area (TPSA) is 53.6 Å². The molecule has 2 amide bonds. The molecule has 1 aliphatic heterocycles. The third-order valence-corrected chi connectivity index (χ3v) is 4.00. The number of amides is 2. The van der Waals surface area contributed by atoms with E-state index < -0.39 is 0 Å². The van der Waals surface area contributed by atoms with Crippen LogP contribution in [0.3, 0.4) is 0 Å². The highest BCUT2D eigenvalue weighted by molar-refractivity contribution is 6.33. The van der Waals surface area contributed by atoms with Crippen LogP contribution in [-0.2, 0) is 4.74 Å². The van der Waals surface area contributed by atoms with Gasteiger partial charge in [-0.2, -0.15) is 0 Å². The molecule has 0 unspecified atom stereocenters. The third kappa shape index (κ3) is 4.59. The molecule has 0 saturated carbocycles. The Labute approximate surface area is 130 Å². The summed E-state index contributed by atoms with van der Waals surface area (Å²) in [5.74, 6) is 0. The van der Waals surface area contributed by atoms with Crippen molar-refractivity contribution in [2.45, 2.75) is 19.9 Å². The molecule has 6 heteroatoms. The second-order valence-corrected chi connectivity index (χ2v) is 5.67. The molecule has 1 heterocycles. The van der Waals surface area contributed by atoms with E-state index in [0.29, 0.717) is 17.3 Å². The maximum Gasteiger partial charge on any atom is 0.319 e. The molecule has 1 aliphatic rings. The van der Waals surface area contributed by atoms with Crippen molar-refractivity contribution < 1.29 is 9.53 Å². The first-order chi connectivity index (χ1) is 10.1. The van der Waals surface area contributed by atoms with Crippen molar-refractivity contribution in [2.75, 3.05) is 38.2 Å². The second-order valence-electron chi connectivity index (χ2n) is 5.26. The number of hydrogen-bond donors (Lipinski definition) is 2. The number of carbonyl (C=O) groups excluding carboxylic acids is 1. The van der Waals surface area contributed by atoms with Gasteiger partial charge in [0.05, 0.1) is 23.9 Å². The molecular formula is C15H22ClN3O2. The molecular weight excluding hydrogens is 290 g/mol. The number of benzene rings is 1. The number of aryl methyl sites for hydroxylation is 1. The van der Waals surface area contributed by atoms with E-state index in [9.17, 15) is 4.79 Å². The lowest BCUT2D eigenvalue weighted by Gasteiger charge is -2.32. The van der Waals surface area contributed by atoms with Crippen LogP contribution in [0, 0.1) is 6.92 Å². The number of anilines is 1. The van der Waals surface area contributed by atoms with Gasteiger partial charge in [-0.1, -0.05) is 23.7 Å². The summed E-state index contributed by atoms with van der Waals surface area (Å²) in [5.41, 5.74) is 1.61. The van der Waals surface area contributed by atoms with E-state index in [-0.39, 0.29) is 12.1 Å². The minimum absolute atomic E-state index is 0.230. The summed E-state index contributed by atoms with van der Waals surface area (Å²) in [4.78, 5) is 14.3. The molecule has 1 aromatic carbocycles. The number of carbonyl (C=O) groups is 1. The number of morpholine rings is 1. The lowest BCUT2D eigenvalue weighted by molar-refractivity contribution is 0.0209. The highest BCUT2D eigenvalue weighted by Crippen LogP contribution is 2.24. The fraction of sp³-hybridized carbons (Fsp3) is 0.533.